The molecule has 0 amide bonds. The van der Waals surface area contributed by atoms with Gasteiger partial charge in [-0.05, 0) is 53.8 Å². The molecule has 1 aliphatic carbocycles. The van der Waals surface area contributed by atoms with Crippen LogP contribution in [0.1, 0.15) is 68.2 Å². The zero-order valence-electron chi connectivity index (χ0n) is 14.0. The Hall–Kier alpha value is 0. The highest BCUT2D eigenvalue weighted by atomic mass is 14.4. The van der Waals surface area contributed by atoms with E-state index in [0.717, 1.165) is 47.3 Å². The number of hydrogen-bond acceptors (Lipinski definition) is 0. The van der Waals surface area contributed by atoms with Gasteiger partial charge in [0.15, 0.2) is 0 Å². The Balaban J connectivity index is 2.69. The second-order valence-electron chi connectivity index (χ2n) is 7.76. The highest BCUT2D eigenvalue weighted by Gasteiger charge is 2.37. The van der Waals surface area contributed by atoms with E-state index >= 15 is 0 Å². The molecule has 0 aliphatic heterocycles. The van der Waals surface area contributed by atoms with Gasteiger partial charge in [-0.3, -0.25) is 0 Å². The third kappa shape index (κ3) is 3.31. The molecule has 0 spiro atoms. The van der Waals surface area contributed by atoms with E-state index in [1.807, 2.05) is 0 Å². The van der Waals surface area contributed by atoms with E-state index in [0.29, 0.717) is 0 Å². The van der Waals surface area contributed by atoms with E-state index in [9.17, 15) is 0 Å². The first kappa shape index (κ1) is 16.1. The maximum absolute atomic E-state index is 2.52. The maximum atomic E-state index is 2.52. The van der Waals surface area contributed by atoms with Crippen LogP contribution < -0.4 is 0 Å². The van der Waals surface area contributed by atoms with E-state index in [1.54, 1.807) is 0 Å². The molecular weight excluding hydrogens is 216 g/mol. The summed E-state index contributed by atoms with van der Waals surface area (Å²) in [6, 6.07) is 0. The van der Waals surface area contributed by atoms with E-state index in [-0.39, 0.29) is 0 Å². The summed E-state index contributed by atoms with van der Waals surface area (Å²) in [6.07, 6.45) is 2.91. The highest BCUT2D eigenvalue weighted by molar-refractivity contribution is 4.86. The minimum Gasteiger partial charge on any atom is -0.0625 e. The lowest BCUT2D eigenvalue weighted by Gasteiger charge is -2.44. The molecule has 0 aromatic heterocycles. The van der Waals surface area contributed by atoms with Crippen molar-refractivity contribution in [1.29, 1.82) is 0 Å². The Morgan fingerprint density at radius 1 is 0.722 bits per heavy atom. The van der Waals surface area contributed by atoms with Gasteiger partial charge in [-0.15, -0.1) is 0 Å². The Labute approximate surface area is 116 Å². The van der Waals surface area contributed by atoms with Crippen LogP contribution in [-0.2, 0) is 0 Å². The van der Waals surface area contributed by atoms with Gasteiger partial charge < -0.3 is 0 Å². The quantitative estimate of drug-likeness (QED) is 0.587. The van der Waals surface area contributed by atoms with Crippen LogP contribution >= 0.6 is 0 Å². The van der Waals surface area contributed by atoms with Crippen molar-refractivity contribution in [2.75, 3.05) is 0 Å². The first-order chi connectivity index (χ1) is 8.27. The second-order valence-corrected chi connectivity index (χ2v) is 7.76. The van der Waals surface area contributed by atoms with Crippen LogP contribution in [0.2, 0.25) is 0 Å². The zero-order chi connectivity index (χ0) is 14.0. The summed E-state index contributed by atoms with van der Waals surface area (Å²) >= 11 is 0. The van der Waals surface area contributed by atoms with Gasteiger partial charge >= 0.3 is 0 Å². The molecule has 0 N–H and O–H groups in total. The fraction of sp³-hybridized carbons (Fsp3) is 1.00. The van der Waals surface area contributed by atoms with Crippen molar-refractivity contribution >= 4 is 0 Å². The summed E-state index contributed by atoms with van der Waals surface area (Å²) in [4.78, 5) is 0. The summed E-state index contributed by atoms with van der Waals surface area (Å²) in [6.45, 7) is 19.6. The average Bonchev–Trinajstić information content (AvgIpc) is 2.33. The van der Waals surface area contributed by atoms with E-state index in [1.165, 1.54) is 12.8 Å². The Morgan fingerprint density at radius 3 is 1.78 bits per heavy atom. The van der Waals surface area contributed by atoms with Crippen molar-refractivity contribution in [1.82, 2.24) is 0 Å². The molecule has 7 atom stereocenters. The van der Waals surface area contributed by atoms with Crippen LogP contribution in [0.3, 0.4) is 0 Å². The topological polar surface area (TPSA) is 0 Å². The summed E-state index contributed by atoms with van der Waals surface area (Å²) < 4.78 is 0. The molecule has 0 aromatic carbocycles. The largest absolute Gasteiger partial charge is 0.0625 e. The summed E-state index contributed by atoms with van der Waals surface area (Å²) in [5.74, 6) is 7.11. The molecular formula is C18H36. The SMILES string of the molecule is CC(C)C(C)C(C)C(C)C1CCC(C)C(C)C1C. The molecule has 1 rings (SSSR count). The monoisotopic (exact) mass is 252 g/mol. The lowest BCUT2D eigenvalue weighted by molar-refractivity contribution is 0.0488. The molecule has 18 heavy (non-hydrogen) atoms. The number of hydrogen-bond donors (Lipinski definition) is 0. The lowest BCUT2D eigenvalue weighted by atomic mass is 9.61. The van der Waals surface area contributed by atoms with Gasteiger partial charge in [0.05, 0.1) is 0 Å². The normalized spacial score (nSPS) is 38.5. The Kier molecular flexibility index (Phi) is 5.74. The maximum Gasteiger partial charge on any atom is -0.0357 e. The predicted octanol–water partition coefficient (Wildman–Crippen LogP) is 5.87. The van der Waals surface area contributed by atoms with Gasteiger partial charge in [0.1, 0.15) is 0 Å². The van der Waals surface area contributed by atoms with Crippen LogP contribution in [0.5, 0.6) is 0 Å². The van der Waals surface area contributed by atoms with Gasteiger partial charge in [0.2, 0.25) is 0 Å². The fourth-order valence-corrected chi connectivity index (χ4v) is 4.11. The van der Waals surface area contributed by atoms with E-state index in [2.05, 4.69) is 55.4 Å². The van der Waals surface area contributed by atoms with Crippen molar-refractivity contribution in [2.45, 2.75) is 68.2 Å². The van der Waals surface area contributed by atoms with Crippen LogP contribution in [0.4, 0.5) is 0 Å². The Bertz CT molecular complexity index is 242. The van der Waals surface area contributed by atoms with Crippen molar-refractivity contribution in [3.8, 4) is 0 Å². The zero-order valence-corrected chi connectivity index (χ0v) is 14.0. The molecule has 1 aliphatic rings. The van der Waals surface area contributed by atoms with Crippen molar-refractivity contribution in [3.63, 3.8) is 0 Å². The van der Waals surface area contributed by atoms with E-state index < -0.39 is 0 Å². The van der Waals surface area contributed by atoms with Gasteiger partial charge in [0, 0.05) is 0 Å². The van der Waals surface area contributed by atoms with Crippen molar-refractivity contribution in [2.24, 2.45) is 47.3 Å². The van der Waals surface area contributed by atoms with Gasteiger partial charge in [0.25, 0.3) is 0 Å². The molecule has 1 fully saturated rings. The lowest BCUT2D eigenvalue weighted by Crippen LogP contribution is -2.37. The van der Waals surface area contributed by atoms with Gasteiger partial charge in [-0.2, -0.15) is 0 Å². The third-order valence-electron chi connectivity index (χ3n) is 6.74. The smallest absolute Gasteiger partial charge is 0.0357 e. The van der Waals surface area contributed by atoms with Gasteiger partial charge in [-0.1, -0.05) is 61.8 Å². The average molecular weight is 252 g/mol. The van der Waals surface area contributed by atoms with Crippen LogP contribution in [0, 0.1) is 47.3 Å². The molecule has 0 heteroatoms. The molecule has 0 heterocycles. The second kappa shape index (κ2) is 6.44. The summed E-state index contributed by atoms with van der Waals surface area (Å²) in [7, 11) is 0. The van der Waals surface area contributed by atoms with Gasteiger partial charge in [-0.25, -0.2) is 0 Å². The molecule has 1 saturated carbocycles. The first-order valence-corrected chi connectivity index (χ1v) is 8.27. The van der Waals surface area contributed by atoms with Crippen LogP contribution in [0.25, 0.3) is 0 Å². The van der Waals surface area contributed by atoms with E-state index in [4.69, 9.17) is 0 Å². The number of rotatable bonds is 4. The van der Waals surface area contributed by atoms with Crippen LogP contribution in [-0.4, -0.2) is 0 Å². The molecule has 0 aromatic rings. The molecule has 0 radical (unpaired) electrons. The van der Waals surface area contributed by atoms with Crippen LogP contribution in [0.15, 0.2) is 0 Å². The Morgan fingerprint density at radius 2 is 1.28 bits per heavy atom. The summed E-state index contributed by atoms with van der Waals surface area (Å²) in [5.41, 5.74) is 0. The molecule has 0 nitrogen and oxygen atoms in total. The minimum absolute atomic E-state index is 0.817. The first-order valence-electron chi connectivity index (χ1n) is 8.27. The standard InChI is InChI=1S/C18H36/c1-11(2)13(4)15(6)17(8)18-10-9-12(3)14(5)16(18)7/h11-18H,9-10H2,1-8H3. The molecule has 0 saturated heterocycles. The molecule has 108 valence electrons. The molecule has 0 bridgehead atoms. The molecule has 7 unspecified atom stereocenters. The van der Waals surface area contributed by atoms with Crippen molar-refractivity contribution in [3.05, 3.63) is 0 Å². The highest BCUT2D eigenvalue weighted by Crippen LogP contribution is 2.45. The predicted molar refractivity (Wildman–Crippen MR) is 82.5 cm³/mol. The third-order valence-corrected chi connectivity index (χ3v) is 6.74. The summed E-state index contributed by atoms with van der Waals surface area (Å²) in [5, 5.41) is 0. The minimum atomic E-state index is 0.817. The fourth-order valence-electron chi connectivity index (χ4n) is 4.11. The van der Waals surface area contributed by atoms with Crippen molar-refractivity contribution < 1.29 is 0 Å².